The van der Waals surface area contributed by atoms with Crippen molar-refractivity contribution < 1.29 is 0 Å². The third-order valence-electron chi connectivity index (χ3n) is 5.66. The van der Waals surface area contributed by atoms with Gasteiger partial charge in [0.15, 0.2) is 0 Å². The van der Waals surface area contributed by atoms with Crippen molar-refractivity contribution >= 4 is 22.1 Å². The van der Waals surface area contributed by atoms with Crippen molar-refractivity contribution in [2.75, 3.05) is 23.7 Å². The van der Waals surface area contributed by atoms with Crippen molar-refractivity contribution in [2.45, 2.75) is 38.5 Å². The molecule has 2 N–H and O–H groups in total. The highest BCUT2D eigenvalue weighted by Gasteiger charge is 2.37. The molecular weight excluding hydrogens is 258 g/mol. The molecule has 0 atom stereocenters. The number of rotatable bonds is 1. The van der Waals surface area contributed by atoms with E-state index >= 15 is 0 Å². The van der Waals surface area contributed by atoms with Gasteiger partial charge >= 0.3 is 0 Å². The number of anilines is 2. The topological polar surface area (TPSA) is 42.1 Å². The number of hydrogen-bond donors (Lipinski definition) is 1. The third kappa shape index (κ3) is 2.15. The summed E-state index contributed by atoms with van der Waals surface area (Å²) in [7, 11) is 0. The fourth-order valence-electron chi connectivity index (χ4n) is 4.32. The largest absolute Gasteiger partial charge is 0.398 e. The zero-order chi connectivity index (χ0) is 14.3. The first kappa shape index (κ1) is 12.9. The summed E-state index contributed by atoms with van der Waals surface area (Å²) in [6, 6.07) is 6.24. The van der Waals surface area contributed by atoms with Crippen molar-refractivity contribution in [3.8, 4) is 0 Å². The highest BCUT2D eigenvalue weighted by atomic mass is 15.1. The Morgan fingerprint density at radius 1 is 0.952 bits per heavy atom. The second-order valence-electron chi connectivity index (χ2n) is 6.79. The van der Waals surface area contributed by atoms with Crippen LogP contribution >= 0.6 is 0 Å². The SMILES string of the molecule is Nc1ccc(N2CCC3(CCCC3)CC2)c2cnccc12. The molecule has 1 spiro atoms. The van der Waals surface area contributed by atoms with E-state index in [1.54, 1.807) is 0 Å². The van der Waals surface area contributed by atoms with Gasteiger partial charge in [0.1, 0.15) is 0 Å². The molecule has 1 saturated heterocycles. The summed E-state index contributed by atoms with van der Waals surface area (Å²) in [5.74, 6) is 0. The van der Waals surface area contributed by atoms with E-state index in [4.69, 9.17) is 5.73 Å². The molecule has 0 unspecified atom stereocenters. The second kappa shape index (κ2) is 4.90. The van der Waals surface area contributed by atoms with Gasteiger partial charge in [-0.15, -0.1) is 0 Å². The number of piperidine rings is 1. The Hall–Kier alpha value is -1.77. The average molecular weight is 281 g/mol. The molecule has 0 amide bonds. The fraction of sp³-hybridized carbons (Fsp3) is 0.500. The molecule has 3 heteroatoms. The maximum absolute atomic E-state index is 6.10. The minimum absolute atomic E-state index is 0.665. The number of benzene rings is 1. The van der Waals surface area contributed by atoms with Gasteiger partial charge in [-0.2, -0.15) is 0 Å². The van der Waals surface area contributed by atoms with E-state index in [1.807, 2.05) is 24.5 Å². The van der Waals surface area contributed by atoms with E-state index in [1.165, 1.54) is 62.7 Å². The first-order valence-electron chi connectivity index (χ1n) is 8.15. The molecule has 3 nitrogen and oxygen atoms in total. The van der Waals surface area contributed by atoms with E-state index in [0.717, 1.165) is 11.1 Å². The van der Waals surface area contributed by atoms with Crippen LogP contribution in [0.5, 0.6) is 0 Å². The maximum atomic E-state index is 6.10. The van der Waals surface area contributed by atoms with Gasteiger partial charge in [0.25, 0.3) is 0 Å². The monoisotopic (exact) mass is 281 g/mol. The minimum atomic E-state index is 0.665. The molecule has 2 aromatic rings. The molecule has 4 rings (SSSR count). The highest BCUT2D eigenvalue weighted by molar-refractivity contribution is 6.00. The first-order chi connectivity index (χ1) is 10.3. The predicted octanol–water partition coefficient (Wildman–Crippen LogP) is 3.98. The third-order valence-corrected chi connectivity index (χ3v) is 5.66. The molecule has 0 radical (unpaired) electrons. The molecule has 2 heterocycles. The van der Waals surface area contributed by atoms with Crippen LogP contribution in [0.1, 0.15) is 38.5 Å². The first-order valence-corrected chi connectivity index (χ1v) is 8.15. The number of fused-ring (bicyclic) bond motifs is 1. The maximum Gasteiger partial charge on any atom is 0.0463 e. The molecule has 110 valence electrons. The van der Waals surface area contributed by atoms with E-state index in [0.29, 0.717) is 5.41 Å². The van der Waals surface area contributed by atoms with Crippen molar-refractivity contribution in [1.82, 2.24) is 4.98 Å². The van der Waals surface area contributed by atoms with Crippen LogP contribution in [0.3, 0.4) is 0 Å². The van der Waals surface area contributed by atoms with Crippen molar-refractivity contribution in [2.24, 2.45) is 5.41 Å². The Bertz CT molecular complexity index is 649. The Morgan fingerprint density at radius 3 is 2.48 bits per heavy atom. The van der Waals surface area contributed by atoms with Gasteiger partial charge in [0.2, 0.25) is 0 Å². The second-order valence-corrected chi connectivity index (χ2v) is 6.79. The zero-order valence-corrected chi connectivity index (χ0v) is 12.5. The van der Waals surface area contributed by atoms with Crippen LogP contribution in [0.15, 0.2) is 30.6 Å². The predicted molar refractivity (Wildman–Crippen MR) is 88.5 cm³/mol. The summed E-state index contributed by atoms with van der Waals surface area (Å²) in [6.07, 6.45) is 12.3. The highest BCUT2D eigenvalue weighted by Crippen LogP contribution is 2.47. The van der Waals surface area contributed by atoms with E-state index in [2.05, 4.69) is 16.0 Å². The summed E-state index contributed by atoms with van der Waals surface area (Å²) in [5, 5.41) is 2.32. The fourth-order valence-corrected chi connectivity index (χ4v) is 4.32. The normalized spacial score (nSPS) is 21.2. The smallest absolute Gasteiger partial charge is 0.0463 e. The number of hydrogen-bond acceptors (Lipinski definition) is 3. The van der Waals surface area contributed by atoms with Crippen molar-refractivity contribution in [3.63, 3.8) is 0 Å². The summed E-state index contributed by atoms with van der Waals surface area (Å²) >= 11 is 0. The van der Waals surface area contributed by atoms with Gasteiger partial charge in [-0.05, 0) is 49.3 Å². The van der Waals surface area contributed by atoms with E-state index in [9.17, 15) is 0 Å². The lowest BCUT2D eigenvalue weighted by Gasteiger charge is -2.40. The summed E-state index contributed by atoms with van der Waals surface area (Å²) in [6.45, 7) is 2.35. The Kier molecular flexibility index (Phi) is 3.02. The summed E-state index contributed by atoms with van der Waals surface area (Å²) in [4.78, 5) is 6.83. The summed E-state index contributed by atoms with van der Waals surface area (Å²) in [5.41, 5.74) is 8.92. The van der Waals surface area contributed by atoms with Gasteiger partial charge in [0, 0.05) is 47.6 Å². The van der Waals surface area contributed by atoms with Crippen LogP contribution < -0.4 is 10.6 Å². The average Bonchev–Trinajstić information content (AvgIpc) is 2.98. The van der Waals surface area contributed by atoms with Crippen LogP contribution in [0.25, 0.3) is 10.8 Å². The lowest BCUT2D eigenvalue weighted by Crippen LogP contribution is -2.38. The van der Waals surface area contributed by atoms with Crippen molar-refractivity contribution in [3.05, 3.63) is 30.6 Å². The molecule has 1 saturated carbocycles. The van der Waals surface area contributed by atoms with E-state index < -0.39 is 0 Å². The molecule has 0 bridgehead atoms. The molecule has 1 aromatic carbocycles. The Morgan fingerprint density at radius 2 is 1.71 bits per heavy atom. The quantitative estimate of drug-likeness (QED) is 0.804. The number of pyridine rings is 1. The lowest BCUT2D eigenvalue weighted by atomic mass is 9.77. The zero-order valence-electron chi connectivity index (χ0n) is 12.5. The molecule has 21 heavy (non-hydrogen) atoms. The molecule has 1 aromatic heterocycles. The van der Waals surface area contributed by atoms with Crippen LogP contribution in [-0.2, 0) is 0 Å². The van der Waals surface area contributed by atoms with Gasteiger partial charge in [0.05, 0.1) is 0 Å². The number of nitrogens with zero attached hydrogens (tertiary/aromatic N) is 2. The molecular formula is C18H23N3. The molecule has 2 aliphatic rings. The number of aromatic nitrogens is 1. The van der Waals surface area contributed by atoms with Crippen LogP contribution in [-0.4, -0.2) is 18.1 Å². The van der Waals surface area contributed by atoms with E-state index in [-0.39, 0.29) is 0 Å². The van der Waals surface area contributed by atoms with Crippen LogP contribution in [0, 0.1) is 5.41 Å². The standard InChI is InChI=1S/C18H23N3/c19-16-3-4-17(15-13-20-10-5-14(15)16)21-11-8-18(9-12-21)6-1-2-7-18/h3-5,10,13H,1-2,6-9,11-12,19H2. The van der Waals surface area contributed by atoms with Gasteiger partial charge < -0.3 is 10.6 Å². The lowest BCUT2D eigenvalue weighted by molar-refractivity contribution is 0.227. The van der Waals surface area contributed by atoms with Crippen molar-refractivity contribution in [1.29, 1.82) is 0 Å². The van der Waals surface area contributed by atoms with Crippen LogP contribution in [0.4, 0.5) is 11.4 Å². The molecule has 1 aliphatic heterocycles. The number of nitrogen functional groups attached to an aromatic ring is 1. The number of nitrogens with two attached hydrogens (primary N) is 1. The van der Waals surface area contributed by atoms with Gasteiger partial charge in [-0.25, -0.2) is 0 Å². The minimum Gasteiger partial charge on any atom is -0.398 e. The summed E-state index contributed by atoms with van der Waals surface area (Å²) < 4.78 is 0. The van der Waals surface area contributed by atoms with Crippen LogP contribution in [0.2, 0.25) is 0 Å². The Balaban J connectivity index is 1.64. The molecule has 1 aliphatic carbocycles. The van der Waals surface area contributed by atoms with Gasteiger partial charge in [-0.1, -0.05) is 12.8 Å². The Labute approximate surface area is 126 Å². The van der Waals surface area contributed by atoms with Gasteiger partial charge in [-0.3, -0.25) is 4.98 Å². The molecule has 2 fully saturated rings.